The van der Waals surface area contributed by atoms with Crippen molar-refractivity contribution in [1.29, 1.82) is 0 Å². The van der Waals surface area contributed by atoms with E-state index in [9.17, 15) is 10.1 Å². The van der Waals surface area contributed by atoms with E-state index in [-0.39, 0.29) is 5.69 Å². The van der Waals surface area contributed by atoms with Gasteiger partial charge in [0, 0.05) is 18.3 Å². The summed E-state index contributed by atoms with van der Waals surface area (Å²) in [6.45, 7) is 0.473. The summed E-state index contributed by atoms with van der Waals surface area (Å²) in [7, 11) is 0. The lowest BCUT2D eigenvalue weighted by Gasteiger charge is -2.06. The molecule has 0 atom stereocenters. The fraction of sp³-hybridized carbons (Fsp3) is 0.100. The smallest absolute Gasteiger partial charge is 0.271 e. The molecule has 0 radical (unpaired) electrons. The number of nitrogens with zero attached hydrogens (tertiary/aromatic N) is 2. The van der Waals surface area contributed by atoms with E-state index in [1.54, 1.807) is 12.3 Å². The largest absolute Gasteiger partial charge is 0.378 e. The molecule has 0 fully saturated rings. The average molecular weight is 253 g/mol. The molecular formula is C10H9ClN4O2. The third-order valence-electron chi connectivity index (χ3n) is 2.19. The standard InChI is InChI=1S/C10H9ClN4O2/c11-9-2-1-8(15(16)17)5-10(9)12-6-7-3-4-13-14-7/h1-5,12H,6H2,(H,13,14). The topological polar surface area (TPSA) is 83.8 Å². The van der Waals surface area contributed by atoms with Crippen molar-refractivity contribution < 1.29 is 4.92 Å². The van der Waals surface area contributed by atoms with Crippen LogP contribution in [-0.4, -0.2) is 15.1 Å². The lowest BCUT2D eigenvalue weighted by Crippen LogP contribution is -2.01. The third kappa shape index (κ3) is 2.73. The van der Waals surface area contributed by atoms with Gasteiger partial charge in [-0.15, -0.1) is 0 Å². The van der Waals surface area contributed by atoms with Gasteiger partial charge in [-0.1, -0.05) is 11.6 Å². The number of nitro benzene ring substituents is 1. The molecule has 1 aromatic heterocycles. The summed E-state index contributed by atoms with van der Waals surface area (Å²) in [6, 6.07) is 6.07. The summed E-state index contributed by atoms with van der Waals surface area (Å²) in [4.78, 5) is 10.2. The van der Waals surface area contributed by atoms with E-state index in [0.29, 0.717) is 17.3 Å². The normalized spacial score (nSPS) is 10.2. The van der Waals surface area contributed by atoms with E-state index in [2.05, 4.69) is 15.5 Å². The molecule has 17 heavy (non-hydrogen) atoms. The van der Waals surface area contributed by atoms with Gasteiger partial charge in [-0.25, -0.2) is 0 Å². The van der Waals surface area contributed by atoms with Crippen LogP contribution in [0.15, 0.2) is 30.5 Å². The minimum Gasteiger partial charge on any atom is -0.378 e. The number of non-ortho nitro benzene ring substituents is 1. The van der Waals surface area contributed by atoms with Crippen LogP contribution in [0.25, 0.3) is 0 Å². The number of aromatic amines is 1. The Bertz CT molecular complexity index is 527. The number of benzene rings is 1. The number of hydrogen-bond donors (Lipinski definition) is 2. The van der Waals surface area contributed by atoms with Gasteiger partial charge in [0.15, 0.2) is 0 Å². The minimum absolute atomic E-state index is 0.00140. The Kier molecular flexibility index (Phi) is 3.24. The Morgan fingerprint density at radius 3 is 2.94 bits per heavy atom. The molecule has 0 spiro atoms. The van der Waals surface area contributed by atoms with Crippen LogP contribution in [0.1, 0.15) is 5.69 Å². The van der Waals surface area contributed by atoms with Crippen molar-refractivity contribution in [1.82, 2.24) is 10.2 Å². The summed E-state index contributed by atoms with van der Waals surface area (Å²) in [6.07, 6.45) is 1.63. The molecule has 2 rings (SSSR count). The van der Waals surface area contributed by atoms with Crippen molar-refractivity contribution in [2.75, 3.05) is 5.32 Å². The molecule has 0 amide bonds. The molecule has 0 aliphatic rings. The quantitative estimate of drug-likeness (QED) is 0.647. The van der Waals surface area contributed by atoms with Crippen LogP contribution in [0.5, 0.6) is 0 Å². The number of H-pyrrole nitrogens is 1. The number of hydrogen-bond acceptors (Lipinski definition) is 4. The SMILES string of the molecule is O=[N+]([O-])c1ccc(Cl)c(NCc2ccn[nH]2)c1. The Morgan fingerprint density at radius 2 is 2.29 bits per heavy atom. The van der Waals surface area contributed by atoms with Gasteiger partial charge in [0.25, 0.3) is 5.69 Å². The lowest BCUT2D eigenvalue weighted by atomic mass is 10.2. The van der Waals surface area contributed by atoms with Gasteiger partial charge >= 0.3 is 0 Å². The second kappa shape index (κ2) is 4.84. The van der Waals surface area contributed by atoms with Crippen LogP contribution in [-0.2, 0) is 6.54 Å². The number of rotatable bonds is 4. The summed E-state index contributed by atoms with van der Waals surface area (Å²) in [5.74, 6) is 0. The molecular weight excluding hydrogens is 244 g/mol. The number of halogens is 1. The summed E-state index contributed by atoms with van der Waals surface area (Å²) in [5.41, 5.74) is 1.39. The van der Waals surface area contributed by atoms with E-state index >= 15 is 0 Å². The zero-order chi connectivity index (χ0) is 12.3. The van der Waals surface area contributed by atoms with E-state index < -0.39 is 4.92 Å². The second-order valence-corrected chi connectivity index (χ2v) is 3.76. The molecule has 6 nitrogen and oxygen atoms in total. The highest BCUT2D eigenvalue weighted by molar-refractivity contribution is 6.33. The highest BCUT2D eigenvalue weighted by atomic mass is 35.5. The first-order valence-corrected chi connectivity index (χ1v) is 5.20. The second-order valence-electron chi connectivity index (χ2n) is 3.36. The number of aromatic nitrogens is 2. The van der Waals surface area contributed by atoms with Crippen LogP contribution in [0.3, 0.4) is 0 Å². The molecule has 2 aromatic rings. The fourth-order valence-corrected chi connectivity index (χ4v) is 1.52. The molecule has 88 valence electrons. The van der Waals surface area contributed by atoms with Crippen LogP contribution in [0.4, 0.5) is 11.4 Å². The summed E-state index contributed by atoms with van der Waals surface area (Å²) < 4.78 is 0. The Balaban J connectivity index is 2.14. The Labute approximate surface area is 102 Å². The van der Waals surface area contributed by atoms with Crippen LogP contribution in [0, 0.1) is 10.1 Å². The molecule has 1 heterocycles. The maximum absolute atomic E-state index is 10.6. The highest BCUT2D eigenvalue weighted by Gasteiger charge is 2.09. The maximum atomic E-state index is 10.6. The lowest BCUT2D eigenvalue weighted by molar-refractivity contribution is -0.384. The van der Waals surface area contributed by atoms with Gasteiger partial charge < -0.3 is 5.32 Å². The predicted molar refractivity (Wildman–Crippen MR) is 64.0 cm³/mol. The van der Waals surface area contributed by atoms with E-state index in [1.165, 1.54) is 18.2 Å². The van der Waals surface area contributed by atoms with Crippen molar-refractivity contribution in [3.05, 3.63) is 51.3 Å². The zero-order valence-electron chi connectivity index (χ0n) is 8.68. The van der Waals surface area contributed by atoms with Crippen molar-refractivity contribution in [2.45, 2.75) is 6.54 Å². The van der Waals surface area contributed by atoms with Crippen molar-refractivity contribution in [2.24, 2.45) is 0 Å². The van der Waals surface area contributed by atoms with Gasteiger partial charge in [0.1, 0.15) is 0 Å². The van der Waals surface area contributed by atoms with Crippen molar-refractivity contribution >= 4 is 23.0 Å². The number of nitrogens with one attached hydrogen (secondary N) is 2. The van der Waals surface area contributed by atoms with Crippen molar-refractivity contribution in [3.8, 4) is 0 Å². The van der Waals surface area contributed by atoms with E-state index in [4.69, 9.17) is 11.6 Å². The molecule has 7 heteroatoms. The number of nitro groups is 1. The average Bonchev–Trinajstić information content (AvgIpc) is 2.80. The third-order valence-corrected chi connectivity index (χ3v) is 2.52. The van der Waals surface area contributed by atoms with E-state index in [1.807, 2.05) is 0 Å². The van der Waals surface area contributed by atoms with Gasteiger partial charge in [-0.05, 0) is 12.1 Å². The first-order chi connectivity index (χ1) is 8.16. The Hall–Kier alpha value is -2.08. The Morgan fingerprint density at radius 1 is 1.47 bits per heavy atom. The van der Waals surface area contributed by atoms with Crippen LogP contribution >= 0.6 is 11.6 Å². The summed E-state index contributed by atoms with van der Waals surface area (Å²) >= 11 is 5.93. The van der Waals surface area contributed by atoms with Gasteiger partial charge in [-0.3, -0.25) is 15.2 Å². The fourth-order valence-electron chi connectivity index (χ4n) is 1.34. The van der Waals surface area contributed by atoms with Crippen molar-refractivity contribution in [3.63, 3.8) is 0 Å². The molecule has 0 bridgehead atoms. The highest BCUT2D eigenvalue weighted by Crippen LogP contribution is 2.26. The van der Waals surface area contributed by atoms with E-state index in [0.717, 1.165) is 5.69 Å². The zero-order valence-corrected chi connectivity index (χ0v) is 9.44. The van der Waals surface area contributed by atoms with Crippen LogP contribution < -0.4 is 5.32 Å². The van der Waals surface area contributed by atoms with Crippen LogP contribution in [0.2, 0.25) is 5.02 Å². The van der Waals surface area contributed by atoms with Gasteiger partial charge in [0.2, 0.25) is 0 Å². The predicted octanol–water partition coefficient (Wildman–Crippen LogP) is 2.58. The molecule has 0 saturated carbocycles. The molecule has 2 N–H and O–H groups in total. The van der Waals surface area contributed by atoms with Gasteiger partial charge in [0.05, 0.1) is 27.9 Å². The molecule has 0 aliphatic carbocycles. The monoisotopic (exact) mass is 252 g/mol. The molecule has 0 unspecified atom stereocenters. The number of anilines is 1. The first kappa shape index (κ1) is 11.4. The minimum atomic E-state index is -0.461. The maximum Gasteiger partial charge on any atom is 0.271 e. The molecule has 0 aliphatic heterocycles. The summed E-state index contributed by atoms with van der Waals surface area (Å²) in [5, 5.41) is 20.6. The molecule has 1 aromatic carbocycles. The first-order valence-electron chi connectivity index (χ1n) is 4.83. The molecule has 0 saturated heterocycles. The van der Waals surface area contributed by atoms with Gasteiger partial charge in [-0.2, -0.15) is 5.10 Å².